The topological polar surface area (TPSA) is 58.4 Å². The Kier molecular flexibility index (Phi) is 5.58. The van der Waals surface area contributed by atoms with Gasteiger partial charge in [-0.25, -0.2) is 14.2 Å². The molecular weight excluding hydrogens is 417 g/mol. The minimum absolute atomic E-state index is 0.163. The number of urea groups is 1. The van der Waals surface area contributed by atoms with Crippen molar-refractivity contribution in [3.05, 3.63) is 84.0 Å². The average Bonchev–Trinajstić information content (AvgIpc) is 3.46. The third-order valence-corrected chi connectivity index (χ3v) is 6.22. The number of carbonyl (C=O) groups is 1. The number of likely N-dealkylation sites (tertiary alicyclic amines) is 1. The number of benzene rings is 3. The molecule has 1 unspecified atom stereocenters. The quantitative estimate of drug-likeness (QED) is 0.365. The van der Waals surface area contributed by atoms with E-state index in [0.29, 0.717) is 35.0 Å². The zero-order valence-electron chi connectivity index (χ0n) is 18.7. The lowest BCUT2D eigenvalue weighted by Gasteiger charge is -2.22. The van der Waals surface area contributed by atoms with Gasteiger partial charge in [-0.05, 0) is 60.2 Å². The molecule has 0 radical (unpaired) electrons. The van der Waals surface area contributed by atoms with Crippen molar-refractivity contribution in [1.82, 2.24) is 9.88 Å². The van der Waals surface area contributed by atoms with Crippen LogP contribution in [-0.2, 0) is 0 Å². The van der Waals surface area contributed by atoms with Crippen LogP contribution in [0.2, 0.25) is 0 Å². The molecule has 168 valence electrons. The fraction of sp³-hybridized carbons (Fsp3) is 0.259. The lowest BCUT2D eigenvalue weighted by atomic mass is 10.0. The molecular formula is C27H26FN3O2. The first-order valence-electron chi connectivity index (χ1n) is 11.3. The number of fused-ring (bicyclic) bond motifs is 1. The van der Waals surface area contributed by atoms with E-state index >= 15 is 0 Å². The van der Waals surface area contributed by atoms with Crippen molar-refractivity contribution in [1.29, 1.82) is 0 Å². The molecule has 0 aliphatic carbocycles. The van der Waals surface area contributed by atoms with Crippen LogP contribution >= 0.6 is 0 Å². The fourth-order valence-corrected chi connectivity index (χ4v) is 4.36. The Morgan fingerprint density at radius 3 is 2.67 bits per heavy atom. The van der Waals surface area contributed by atoms with Gasteiger partial charge in [-0.1, -0.05) is 50.2 Å². The van der Waals surface area contributed by atoms with E-state index in [4.69, 9.17) is 4.42 Å². The van der Waals surface area contributed by atoms with Crippen LogP contribution in [0.1, 0.15) is 50.1 Å². The van der Waals surface area contributed by atoms with Crippen molar-refractivity contribution in [2.24, 2.45) is 0 Å². The lowest BCUT2D eigenvalue weighted by Crippen LogP contribution is -2.34. The maximum absolute atomic E-state index is 14.2. The molecule has 1 N–H and O–H groups in total. The molecule has 33 heavy (non-hydrogen) atoms. The standard InChI is InChI=1S/C27H26FN3O2/c1-17(2)18-9-12-20(13-10-18)29-27(32)31-15-5-8-24(31)26-30-23-16-19(11-14-25(23)33-26)21-6-3-4-7-22(21)28/h3-4,6-7,9-14,16-17,24H,5,8,15H2,1-2H3,(H,29,32). The van der Waals surface area contributed by atoms with Gasteiger partial charge in [0.05, 0.1) is 0 Å². The molecule has 1 aromatic heterocycles. The van der Waals surface area contributed by atoms with Crippen LogP contribution in [0, 0.1) is 5.82 Å². The number of nitrogens with zero attached hydrogens (tertiary/aromatic N) is 2. The van der Waals surface area contributed by atoms with Gasteiger partial charge >= 0.3 is 6.03 Å². The summed E-state index contributed by atoms with van der Waals surface area (Å²) in [5.41, 5.74) is 4.54. The van der Waals surface area contributed by atoms with Crippen LogP contribution in [0.4, 0.5) is 14.9 Å². The molecule has 2 heterocycles. The Labute approximate surface area is 192 Å². The SMILES string of the molecule is CC(C)c1ccc(NC(=O)N2CCCC2c2nc3cc(-c4ccccc4F)ccc3o2)cc1. The van der Waals surface area contributed by atoms with E-state index in [0.717, 1.165) is 24.1 Å². The first-order valence-corrected chi connectivity index (χ1v) is 11.3. The number of halogens is 1. The number of hydrogen-bond acceptors (Lipinski definition) is 3. The number of nitrogens with one attached hydrogen (secondary N) is 1. The van der Waals surface area contributed by atoms with Crippen molar-refractivity contribution in [3.8, 4) is 11.1 Å². The highest BCUT2D eigenvalue weighted by atomic mass is 19.1. The van der Waals surface area contributed by atoms with Crippen LogP contribution in [-0.4, -0.2) is 22.5 Å². The van der Waals surface area contributed by atoms with Gasteiger partial charge in [0.25, 0.3) is 0 Å². The third-order valence-electron chi connectivity index (χ3n) is 6.22. The van der Waals surface area contributed by atoms with E-state index in [9.17, 15) is 9.18 Å². The minimum Gasteiger partial charge on any atom is -0.438 e. The number of aromatic nitrogens is 1. The van der Waals surface area contributed by atoms with Crippen LogP contribution < -0.4 is 5.32 Å². The molecule has 5 nitrogen and oxygen atoms in total. The summed E-state index contributed by atoms with van der Waals surface area (Å²) in [5, 5.41) is 3.00. The van der Waals surface area contributed by atoms with Crippen LogP contribution in [0.3, 0.4) is 0 Å². The highest BCUT2D eigenvalue weighted by Crippen LogP contribution is 2.35. The van der Waals surface area contributed by atoms with Gasteiger partial charge in [-0.15, -0.1) is 0 Å². The Hall–Kier alpha value is -3.67. The third kappa shape index (κ3) is 4.21. The summed E-state index contributed by atoms with van der Waals surface area (Å²) in [7, 11) is 0. The van der Waals surface area contributed by atoms with Crippen molar-refractivity contribution in [3.63, 3.8) is 0 Å². The molecule has 5 rings (SSSR count). The summed E-state index contributed by atoms with van der Waals surface area (Å²) in [5.74, 6) is 0.676. The van der Waals surface area contributed by atoms with E-state index in [2.05, 4.69) is 24.1 Å². The molecule has 0 spiro atoms. The van der Waals surface area contributed by atoms with Crippen LogP contribution in [0.15, 0.2) is 71.1 Å². The zero-order chi connectivity index (χ0) is 22.9. The van der Waals surface area contributed by atoms with Crippen molar-refractivity contribution in [2.45, 2.75) is 38.6 Å². The predicted molar refractivity (Wildman–Crippen MR) is 128 cm³/mol. The molecule has 0 saturated carbocycles. The Balaban J connectivity index is 1.37. The Morgan fingerprint density at radius 1 is 1.12 bits per heavy atom. The summed E-state index contributed by atoms with van der Waals surface area (Å²) in [6, 6.07) is 19.7. The van der Waals surface area contributed by atoms with Gasteiger partial charge in [0, 0.05) is 17.8 Å². The van der Waals surface area contributed by atoms with E-state index in [-0.39, 0.29) is 17.9 Å². The number of hydrogen-bond donors (Lipinski definition) is 1. The molecule has 1 atom stereocenters. The first-order chi connectivity index (χ1) is 16.0. The first kappa shape index (κ1) is 21.2. The number of amides is 2. The highest BCUT2D eigenvalue weighted by Gasteiger charge is 2.33. The maximum atomic E-state index is 14.2. The Morgan fingerprint density at radius 2 is 1.91 bits per heavy atom. The normalized spacial score (nSPS) is 16.0. The van der Waals surface area contributed by atoms with Crippen LogP contribution in [0.5, 0.6) is 0 Å². The molecule has 0 bridgehead atoms. The molecule has 1 aliphatic rings. The molecule has 1 aliphatic heterocycles. The summed E-state index contributed by atoms with van der Waals surface area (Å²) in [4.78, 5) is 19.5. The van der Waals surface area contributed by atoms with Gasteiger partial charge < -0.3 is 14.6 Å². The number of rotatable bonds is 4. The van der Waals surface area contributed by atoms with E-state index in [1.54, 1.807) is 17.0 Å². The van der Waals surface area contributed by atoms with E-state index in [1.165, 1.54) is 11.6 Å². The summed E-state index contributed by atoms with van der Waals surface area (Å²) in [6.45, 7) is 4.92. The fourth-order valence-electron chi connectivity index (χ4n) is 4.36. The van der Waals surface area contributed by atoms with Gasteiger partial charge in [-0.3, -0.25) is 0 Å². The van der Waals surface area contributed by atoms with Crippen molar-refractivity contribution >= 4 is 22.8 Å². The smallest absolute Gasteiger partial charge is 0.322 e. The molecule has 1 fully saturated rings. The monoisotopic (exact) mass is 443 g/mol. The van der Waals surface area contributed by atoms with E-state index in [1.807, 2.05) is 48.5 Å². The maximum Gasteiger partial charge on any atom is 0.322 e. The van der Waals surface area contributed by atoms with Gasteiger partial charge in [0.1, 0.15) is 17.4 Å². The summed E-state index contributed by atoms with van der Waals surface area (Å²) < 4.78 is 20.2. The predicted octanol–water partition coefficient (Wildman–Crippen LogP) is 7.13. The van der Waals surface area contributed by atoms with Gasteiger partial charge in [-0.2, -0.15) is 0 Å². The largest absolute Gasteiger partial charge is 0.438 e. The zero-order valence-corrected chi connectivity index (χ0v) is 18.7. The van der Waals surface area contributed by atoms with Crippen molar-refractivity contribution < 1.29 is 13.6 Å². The van der Waals surface area contributed by atoms with Gasteiger partial charge in [0.2, 0.25) is 5.89 Å². The number of carbonyl (C=O) groups excluding carboxylic acids is 1. The second-order valence-electron chi connectivity index (χ2n) is 8.77. The van der Waals surface area contributed by atoms with Crippen molar-refractivity contribution in [2.75, 3.05) is 11.9 Å². The second-order valence-corrected chi connectivity index (χ2v) is 8.77. The number of oxazole rings is 1. The summed E-state index contributed by atoms with van der Waals surface area (Å²) in [6.07, 6.45) is 1.66. The van der Waals surface area contributed by atoms with Gasteiger partial charge in [0.15, 0.2) is 5.58 Å². The lowest BCUT2D eigenvalue weighted by molar-refractivity contribution is 0.199. The Bertz CT molecular complexity index is 1300. The average molecular weight is 444 g/mol. The molecule has 4 aromatic rings. The summed E-state index contributed by atoms with van der Waals surface area (Å²) >= 11 is 0. The van der Waals surface area contributed by atoms with Crippen LogP contribution in [0.25, 0.3) is 22.2 Å². The molecule has 6 heteroatoms. The number of anilines is 1. The molecule has 2 amide bonds. The van der Waals surface area contributed by atoms with E-state index < -0.39 is 0 Å². The highest BCUT2D eigenvalue weighted by molar-refractivity contribution is 5.90. The second kappa shape index (κ2) is 8.70. The molecule has 3 aromatic carbocycles. The molecule has 1 saturated heterocycles. The minimum atomic E-state index is -0.277.